The van der Waals surface area contributed by atoms with Gasteiger partial charge in [-0.1, -0.05) is 0 Å². The van der Waals surface area contributed by atoms with Crippen LogP contribution in [0.1, 0.15) is 26.3 Å². The molecule has 0 fully saturated rings. The SMILES string of the molecule is CN(C)c1ccc(C2=CC(=C3C=CC(=[N+](C)C)C=C3)[Se]C(C(C)(C)C)=C2)cc1. The third-order valence-electron chi connectivity index (χ3n) is 4.92. The fourth-order valence-corrected chi connectivity index (χ4v) is 5.51. The van der Waals surface area contributed by atoms with Crippen LogP contribution in [0.25, 0.3) is 5.57 Å². The number of allylic oxidation sites excluding steroid dienone is 10. The Bertz CT molecular complexity index is 921. The number of hydrogen-bond acceptors (Lipinski definition) is 1. The molecule has 0 aromatic heterocycles. The second-order valence-electron chi connectivity index (χ2n) is 8.71. The molecule has 2 nitrogen and oxygen atoms in total. The van der Waals surface area contributed by atoms with Gasteiger partial charge in [0.2, 0.25) is 0 Å². The molecular weight excluding hydrogens is 407 g/mol. The first-order chi connectivity index (χ1) is 13.1. The van der Waals surface area contributed by atoms with E-state index < -0.39 is 0 Å². The zero-order chi connectivity index (χ0) is 20.5. The van der Waals surface area contributed by atoms with Crippen LogP contribution in [0.15, 0.2) is 75.2 Å². The summed E-state index contributed by atoms with van der Waals surface area (Å²) in [5.41, 5.74) is 6.58. The summed E-state index contributed by atoms with van der Waals surface area (Å²) in [7, 11) is 8.33. The van der Waals surface area contributed by atoms with Crippen LogP contribution in [0.5, 0.6) is 0 Å². The van der Waals surface area contributed by atoms with Crippen LogP contribution in [-0.2, 0) is 0 Å². The number of nitrogens with zero attached hydrogens (tertiary/aromatic N) is 2. The Morgan fingerprint density at radius 2 is 1.46 bits per heavy atom. The summed E-state index contributed by atoms with van der Waals surface area (Å²) < 4.78 is 5.15. The normalized spacial score (nSPS) is 16.9. The topological polar surface area (TPSA) is 6.25 Å². The summed E-state index contributed by atoms with van der Waals surface area (Å²) in [5.74, 6) is 0. The third-order valence-corrected chi connectivity index (χ3v) is 8.11. The van der Waals surface area contributed by atoms with Crippen molar-refractivity contribution in [3.8, 4) is 0 Å². The minimum absolute atomic E-state index is 0.178. The second-order valence-corrected chi connectivity index (χ2v) is 11.0. The molecule has 1 heterocycles. The van der Waals surface area contributed by atoms with Crippen molar-refractivity contribution in [3.05, 3.63) is 80.8 Å². The summed E-state index contributed by atoms with van der Waals surface area (Å²) >= 11 is 0.338. The van der Waals surface area contributed by atoms with Crippen LogP contribution in [0, 0.1) is 5.41 Å². The number of hydrogen-bond donors (Lipinski definition) is 0. The molecule has 0 amide bonds. The van der Waals surface area contributed by atoms with E-state index in [1.165, 1.54) is 32.6 Å². The first-order valence-electron chi connectivity index (χ1n) is 9.69. The first-order valence-corrected chi connectivity index (χ1v) is 11.4. The fraction of sp³-hybridized carbons (Fsp3) is 0.320. The Hall–Kier alpha value is -2.09. The van der Waals surface area contributed by atoms with Crippen LogP contribution < -0.4 is 4.90 Å². The van der Waals surface area contributed by atoms with Gasteiger partial charge in [-0.15, -0.1) is 0 Å². The van der Waals surface area contributed by atoms with Crippen LogP contribution in [0.3, 0.4) is 0 Å². The Morgan fingerprint density at radius 3 is 1.96 bits per heavy atom. The zero-order valence-corrected chi connectivity index (χ0v) is 19.8. The molecule has 3 heteroatoms. The average molecular weight is 438 g/mol. The van der Waals surface area contributed by atoms with Gasteiger partial charge in [0.25, 0.3) is 0 Å². The molecule has 0 atom stereocenters. The number of benzene rings is 1. The van der Waals surface area contributed by atoms with Gasteiger partial charge in [-0.2, -0.15) is 0 Å². The molecule has 1 aliphatic heterocycles. The molecule has 2 aliphatic rings. The second kappa shape index (κ2) is 8.11. The van der Waals surface area contributed by atoms with E-state index in [0.717, 1.165) is 0 Å². The molecule has 3 rings (SSSR count). The Kier molecular flexibility index (Phi) is 5.98. The van der Waals surface area contributed by atoms with Crippen LogP contribution in [0.4, 0.5) is 5.69 Å². The average Bonchev–Trinajstić information content (AvgIpc) is 2.67. The van der Waals surface area contributed by atoms with Gasteiger partial charge in [-0.05, 0) is 0 Å². The summed E-state index contributed by atoms with van der Waals surface area (Å²) in [6.07, 6.45) is 13.8. The van der Waals surface area contributed by atoms with Crippen molar-refractivity contribution < 1.29 is 4.58 Å². The Labute approximate surface area is 176 Å². The van der Waals surface area contributed by atoms with Crippen LogP contribution in [0.2, 0.25) is 0 Å². The number of rotatable bonds is 2. The molecule has 146 valence electrons. The van der Waals surface area contributed by atoms with Gasteiger partial charge in [0, 0.05) is 0 Å². The quantitative estimate of drug-likeness (QED) is 0.471. The van der Waals surface area contributed by atoms with E-state index in [2.05, 4.69) is 119 Å². The van der Waals surface area contributed by atoms with E-state index in [0.29, 0.717) is 15.0 Å². The van der Waals surface area contributed by atoms with Gasteiger partial charge in [0.1, 0.15) is 0 Å². The zero-order valence-electron chi connectivity index (χ0n) is 18.1. The van der Waals surface area contributed by atoms with Gasteiger partial charge >= 0.3 is 177 Å². The van der Waals surface area contributed by atoms with Crippen molar-refractivity contribution in [3.63, 3.8) is 0 Å². The van der Waals surface area contributed by atoms with Gasteiger partial charge in [0.15, 0.2) is 0 Å². The molecule has 0 saturated carbocycles. The molecule has 0 bridgehead atoms. The maximum atomic E-state index is 2.42. The predicted octanol–water partition coefficient (Wildman–Crippen LogP) is 4.88. The molecule has 0 unspecified atom stereocenters. The first kappa shape index (κ1) is 20.6. The van der Waals surface area contributed by atoms with Crippen molar-refractivity contribution >= 4 is 31.9 Å². The molecule has 0 N–H and O–H groups in total. The van der Waals surface area contributed by atoms with Crippen molar-refractivity contribution in [2.75, 3.05) is 33.1 Å². The Morgan fingerprint density at radius 1 is 0.857 bits per heavy atom. The molecular formula is C25H31N2Se+. The number of anilines is 1. The summed E-state index contributed by atoms with van der Waals surface area (Å²) in [4.78, 5) is 2.14. The summed E-state index contributed by atoms with van der Waals surface area (Å²) in [5, 5.41) is 0. The van der Waals surface area contributed by atoms with E-state index >= 15 is 0 Å². The van der Waals surface area contributed by atoms with Crippen molar-refractivity contribution in [2.45, 2.75) is 20.8 Å². The van der Waals surface area contributed by atoms with Crippen LogP contribution in [-0.4, -0.2) is 53.4 Å². The van der Waals surface area contributed by atoms with Gasteiger partial charge in [-0.25, -0.2) is 0 Å². The molecule has 0 spiro atoms. The maximum absolute atomic E-state index is 2.42. The van der Waals surface area contributed by atoms with Crippen molar-refractivity contribution in [1.29, 1.82) is 0 Å². The standard InChI is InChI=1S/C25H31N2Se/c1-25(2,3)24-17-20(18-8-12-21(13-9-18)26(4)5)16-23(28-24)19-10-14-22(15-11-19)27(6)7/h8-17H,1-7H3/q+1. The molecule has 28 heavy (non-hydrogen) atoms. The summed E-state index contributed by atoms with van der Waals surface area (Å²) in [6, 6.07) is 8.88. The monoisotopic (exact) mass is 439 g/mol. The molecule has 0 saturated heterocycles. The van der Waals surface area contributed by atoms with E-state index in [-0.39, 0.29) is 5.41 Å². The molecule has 1 aromatic rings. The van der Waals surface area contributed by atoms with E-state index in [1.807, 2.05) is 0 Å². The molecule has 1 aromatic carbocycles. The van der Waals surface area contributed by atoms with Crippen molar-refractivity contribution in [1.82, 2.24) is 0 Å². The predicted molar refractivity (Wildman–Crippen MR) is 124 cm³/mol. The van der Waals surface area contributed by atoms with E-state index in [1.54, 1.807) is 4.47 Å². The third kappa shape index (κ3) is 4.66. The summed E-state index contributed by atoms with van der Waals surface area (Å²) in [6.45, 7) is 6.97. The molecule has 1 aliphatic carbocycles. The van der Waals surface area contributed by atoms with Gasteiger partial charge in [0.05, 0.1) is 0 Å². The minimum atomic E-state index is 0.178. The van der Waals surface area contributed by atoms with E-state index in [4.69, 9.17) is 0 Å². The fourth-order valence-electron chi connectivity index (χ4n) is 3.06. The van der Waals surface area contributed by atoms with Gasteiger partial charge < -0.3 is 0 Å². The van der Waals surface area contributed by atoms with E-state index in [9.17, 15) is 0 Å². The van der Waals surface area contributed by atoms with Crippen molar-refractivity contribution in [2.24, 2.45) is 5.41 Å². The van der Waals surface area contributed by atoms with Gasteiger partial charge in [-0.3, -0.25) is 0 Å². The molecule has 0 radical (unpaired) electrons. The Balaban J connectivity index is 2.05. The van der Waals surface area contributed by atoms with Crippen LogP contribution >= 0.6 is 0 Å².